The largest absolute Gasteiger partial charge is 0.326 e. The zero-order valence-electron chi connectivity index (χ0n) is 11.2. The molecule has 0 aliphatic heterocycles. The molecule has 0 bridgehead atoms. The first-order chi connectivity index (χ1) is 10.3. The zero-order chi connectivity index (χ0) is 14.7. The molecule has 0 spiro atoms. The van der Waals surface area contributed by atoms with Gasteiger partial charge in [0, 0.05) is 24.5 Å². The van der Waals surface area contributed by atoms with Gasteiger partial charge in [-0.05, 0) is 23.1 Å². The third-order valence-electron chi connectivity index (χ3n) is 3.19. The van der Waals surface area contributed by atoms with E-state index in [0.29, 0.717) is 12.1 Å². The zero-order valence-corrected chi connectivity index (χ0v) is 12.0. The van der Waals surface area contributed by atoms with Gasteiger partial charge < -0.3 is 4.57 Å². The van der Waals surface area contributed by atoms with Crippen LogP contribution in [0.3, 0.4) is 0 Å². The SMILES string of the molecule is NNC(=O)c1ccccc1Cn1ccnc1-c1cccs1. The Labute approximate surface area is 126 Å². The molecule has 21 heavy (non-hydrogen) atoms. The Balaban J connectivity index is 1.95. The molecule has 3 N–H and O–H groups in total. The van der Waals surface area contributed by atoms with Crippen molar-refractivity contribution in [3.8, 4) is 10.7 Å². The molecule has 2 aromatic heterocycles. The van der Waals surface area contributed by atoms with Crippen LogP contribution >= 0.6 is 11.3 Å². The van der Waals surface area contributed by atoms with Crippen molar-refractivity contribution in [2.75, 3.05) is 0 Å². The van der Waals surface area contributed by atoms with Crippen molar-refractivity contribution in [3.05, 3.63) is 65.3 Å². The Morgan fingerprint density at radius 3 is 2.90 bits per heavy atom. The summed E-state index contributed by atoms with van der Waals surface area (Å²) in [5.41, 5.74) is 3.66. The van der Waals surface area contributed by atoms with E-state index in [1.807, 2.05) is 46.5 Å². The molecule has 2 heterocycles. The summed E-state index contributed by atoms with van der Waals surface area (Å²) in [5, 5.41) is 2.02. The Hall–Kier alpha value is -2.44. The number of carbonyl (C=O) groups is 1. The topological polar surface area (TPSA) is 72.9 Å². The number of aromatic nitrogens is 2. The number of hydrazine groups is 1. The Kier molecular flexibility index (Phi) is 3.81. The highest BCUT2D eigenvalue weighted by Gasteiger charge is 2.12. The number of benzene rings is 1. The number of thiophene rings is 1. The van der Waals surface area contributed by atoms with Gasteiger partial charge in [0.15, 0.2) is 0 Å². The quantitative estimate of drug-likeness (QED) is 0.441. The van der Waals surface area contributed by atoms with Gasteiger partial charge in [0.2, 0.25) is 0 Å². The minimum absolute atomic E-state index is 0.289. The molecule has 5 nitrogen and oxygen atoms in total. The third-order valence-corrected chi connectivity index (χ3v) is 4.06. The van der Waals surface area contributed by atoms with E-state index >= 15 is 0 Å². The van der Waals surface area contributed by atoms with Crippen LogP contribution in [0.25, 0.3) is 10.7 Å². The van der Waals surface area contributed by atoms with Crippen molar-refractivity contribution in [2.45, 2.75) is 6.54 Å². The third kappa shape index (κ3) is 2.72. The molecular weight excluding hydrogens is 284 g/mol. The maximum atomic E-state index is 11.8. The first-order valence-corrected chi connectivity index (χ1v) is 7.31. The maximum Gasteiger partial charge on any atom is 0.265 e. The number of hydrogen-bond acceptors (Lipinski definition) is 4. The number of amides is 1. The highest BCUT2D eigenvalue weighted by Crippen LogP contribution is 2.24. The van der Waals surface area contributed by atoms with Gasteiger partial charge in [-0.3, -0.25) is 10.2 Å². The number of nitrogens with zero attached hydrogens (tertiary/aromatic N) is 2. The van der Waals surface area contributed by atoms with E-state index in [4.69, 9.17) is 5.84 Å². The van der Waals surface area contributed by atoms with Crippen LogP contribution in [-0.4, -0.2) is 15.5 Å². The second kappa shape index (κ2) is 5.90. The molecule has 0 saturated heterocycles. The fourth-order valence-corrected chi connectivity index (χ4v) is 2.94. The van der Waals surface area contributed by atoms with Crippen LogP contribution in [0.15, 0.2) is 54.2 Å². The number of carbonyl (C=O) groups excluding carboxylic acids is 1. The van der Waals surface area contributed by atoms with Crippen LogP contribution in [0.1, 0.15) is 15.9 Å². The molecule has 0 saturated carbocycles. The normalized spacial score (nSPS) is 10.5. The molecule has 0 aliphatic rings. The molecule has 0 aliphatic carbocycles. The van der Waals surface area contributed by atoms with Crippen molar-refractivity contribution in [1.82, 2.24) is 15.0 Å². The average Bonchev–Trinajstić information content (AvgIpc) is 3.17. The predicted octanol–water partition coefficient (Wildman–Crippen LogP) is 2.26. The molecule has 3 rings (SSSR count). The van der Waals surface area contributed by atoms with Crippen molar-refractivity contribution < 1.29 is 4.79 Å². The van der Waals surface area contributed by atoms with Crippen LogP contribution in [-0.2, 0) is 6.54 Å². The van der Waals surface area contributed by atoms with Gasteiger partial charge >= 0.3 is 0 Å². The molecule has 0 unspecified atom stereocenters. The van der Waals surface area contributed by atoms with E-state index in [0.717, 1.165) is 16.3 Å². The lowest BCUT2D eigenvalue weighted by molar-refractivity contribution is 0.0952. The van der Waals surface area contributed by atoms with E-state index < -0.39 is 0 Å². The molecule has 6 heteroatoms. The summed E-state index contributed by atoms with van der Waals surface area (Å²) >= 11 is 1.64. The van der Waals surface area contributed by atoms with Gasteiger partial charge in [0.05, 0.1) is 4.88 Å². The van der Waals surface area contributed by atoms with Gasteiger partial charge in [0.1, 0.15) is 5.82 Å². The minimum atomic E-state index is -0.289. The minimum Gasteiger partial charge on any atom is -0.326 e. The van der Waals surface area contributed by atoms with Crippen LogP contribution in [0.2, 0.25) is 0 Å². The fraction of sp³-hybridized carbons (Fsp3) is 0.0667. The van der Waals surface area contributed by atoms with E-state index in [1.165, 1.54) is 0 Å². The van der Waals surface area contributed by atoms with Crippen LogP contribution < -0.4 is 11.3 Å². The summed E-state index contributed by atoms with van der Waals surface area (Å²) in [7, 11) is 0. The Morgan fingerprint density at radius 2 is 2.14 bits per heavy atom. The lowest BCUT2D eigenvalue weighted by Gasteiger charge is -2.10. The number of rotatable bonds is 4. The number of nitrogens with one attached hydrogen (secondary N) is 1. The number of nitrogen functional groups attached to an aromatic ring is 1. The first-order valence-electron chi connectivity index (χ1n) is 6.43. The number of nitrogens with two attached hydrogens (primary N) is 1. The summed E-state index contributed by atoms with van der Waals surface area (Å²) in [5.74, 6) is 5.84. The first kappa shape index (κ1) is 13.5. The summed E-state index contributed by atoms with van der Waals surface area (Å²) in [4.78, 5) is 17.3. The van der Waals surface area contributed by atoms with Gasteiger partial charge in [-0.25, -0.2) is 10.8 Å². The van der Waals surface area contributed by atoms with Gasteiger partial charge in [0.25, 0.3) is 5.91 Å². The molecule has 0 radical (unpaired) electrons. The van der Waals surface area contributed by atoms with Gasteiger partial charge in [-0.1, -0.05) is 24.3 Å². The fourth-order valence-electron chi connectivity index (χ4n) is 2.21. The van der Waals surface area contributed by atoms with Gasteiger partial charge in [-0.15, -0.1) is 11.3 Å². The van der Waals surface area contributed by atoms with Crippen LogP contribution in [0.5, 0.6) is 0 Å². The van der Waals surface area contributed by atoms with Crippen molar-refractivity contribution >= 4 is 17.2 Å². The number of imidazole rings is 1. The van der Waals surface area contributed by atoms with Gasteiger partial charge in [-0.2, -0.15) is 0 Å². The molecule has 1 aromatic carbocycles. The van der Waals surface area contributed by atoms with Crippen LogP contribution in [0, 0.1) is 0 Å². The standard InChI is InChI=1S/C15H14N4OS/c16-18-15(20)12-5-2-1-4-11(12)10-19-8-7-17-14(19)13-6-3-9-21-13/h1-9H,10,16H2,(H,18,20). The summed E-state index contributed by atoms with van der Waals surface area (Å²) in [6.45, 7) is 0.566. The second-order valence-electron chi connectivity index (χ2n) is 4.49. The summed E-state index contributed by atoms with van der Waals surface area (Å²) in [6.07, 6.45) is 3.67. The molecular formula is C15H14N4OS. The van der Waals surface area contributed by atoms with Crippen molar-refractivity contribution in [1.29, 1.82) is 0 Å². The van der Waals surface area contributed by atoms with E-state index in [1.54, 1.807) is 23.6 Å². The van der Waals surface area contributed by atoms with Crippen molar-refractivity contribution in [3.63, 3.8) is 0 Å². The van der Waals surface area contributed by atoms with E-state index in [-0.39, 0.29) is 5.91 Å². The van der Waals surface area contributed by atoms with Crippen molar-refractivity contribution in [2.24, 2.45) is 5.84 Å². The summed E-state index contributed by atoms with van der Waals surface area (Å²) < 4.78 is 2.02. The molecule has 1 amide bonds. The van der Waals surface area contributed by atoms with E-state index in [2.05, 4.69) is 10.4 Å². The molecule has 0 fully saturated rings. The second-order valence-corrected chi connectivity index (χ2v) is 5.43. The highest BCUT2D eigenvalue weighted by molar-refractivity contribution is 7.13. The maximum absolute atomic E-state index is 11.8. The number of hydrogen-bond donors (Lipinski definition) is 2. The highest BCUT2D eigenvalue weighted by atomic mass is 32.1. The average molecular weight is 298 g/mol. The Morgan fingerprint density at radius 1 is 1.29 bits per heavy atom. The molecule has 3 aromatic rings. The Bertz CT molecular complexity index is 749. The smallest absolute Gasteiger partial charge is 0.265 e. The molecule has 106 valence electrons. The summed E-state index contributed by atoms with van der Waals surface area (Å²) in [6, 6.07) is 11.4. The lowest BCUT2D eigenvalue weighted by atomic mass is 10.1. The molecule has 0 atom stereocenters. The van der Waals surface area contributed by atoms with E-state index in [9.17, 15) is 4.79 Å². The van der Waals surface area contributed by atoms with Crippen LogP contribution in [0.4, 0.5) is 0 Å². The predicted molar refractivity (Wildman–Crippen MR) is 82.7 cm³/mol. The monoisotopic (exact) mass is 298 g/mol. The lowest BCUT2D eigenvalue weighted by Crippen LogP contribution is -2.31.